The number of hydrazine groups is 1. The topological polar surface area (TPSA) is 44.7 Å². The first kappa shape index (κ1) is 7.94. The Balaban J connectivity index is 3.59. The van der Waals surface area contributed by atoms with Crippen molar-refractivity contribution >= 4 is 12.2 Å². The van der Waals surface area contributed by atoms with Gasteiger partial charge in [0.15, 0.2) is 0 Å². The minimum atomic E-state index is 0.675. The van der Waals surface area contributed by atoms with Gasteiger partial charge in [-0.1, -0.05) is 0 Å². The summed E-state index contributed by atoms with van der Waals surface area (Å²) in [7, 11) is 3.27. The van der Waals surface area contributed by atoms with Gasteiger partial charge in [0.2, 0.25) is 6.41 Å². The molecule has 9 heavy (non-hydrogen) atoms. The van der Waals surface area contributed by atoms with E-state index in [-0.39, 0.29) is 0 Å². The predicted octanol–water partition coefficient (Wildman–Crippen LogP) is -0.373. The van der Waals surface area contributed by atoms with Crippen molar-refractivity contribution in [3.8, 4) is 0 Å². The number of hydrogen-bond donors (Lipinski definition) is 1. The Morgan fingerprint density at radius 3 is 2.67 bits per heavy atom. The SMILES string of the molecule is CN=C(C)NN(C)C=O. The van der Waals surface area contributed by atoms with Gasteiger partial charge in [-0.25, -0.2) is 0 Å². The van der Waals surface area contributed by atoms with Gasteiger partial charge in [-0.3, -0.25) is 20.2 Å². The lowest BCUT2D eigenvalue weighted by molar-refractivity contribution is -0.118. The molecule has 0 aliphatic rings. The van der Waals surface area contributed by atoms with E-state index in [1.165, 1.54) is 5.01 Å². The molecule has 0 radical (unpaired) electrons. The molecule has 0 aromatic rings. The molecule has 0 aliphatic heterocycles. The number of aliphatic imine (C=N–C) groups is 1. The van der Waals surface area contributed by atoms with Gasteiger partial charge in [-0.05, 0) is 6.92 Å². The van der Waals surface area contributed by atoms with E-state index in [2.05, 4.69) is 10.4 Å². The van der Waals surface area contributed by atoms with Gasteiger partial charge >= 0.3 is 0 Å². The van der Waals surface area contributed by atoms with Crippen molar-refractivity contribution in [3.63, 3.8) is 0 Å². The van der Waals surface area contributed by atoms with Crippen molar-refractivity contribution in [2.24, 2.45) is 4.99 Å². The van der Waals surface area contributed by atoms with Gasteiger partial charge in [0.05, 0.1) is 0 Å². The average Bonchev–Trinajstić information content (AvgIpc) is 1.87. The average molecular weight is 129 g/mol. The first-order valence-electron chi connectivity index (χ1n) is 2.59. The highest BCUT2D eigenvalue weighted by Crippen LogP contribution is 1.69. The van der Waals surface area contributed by atoms with E-state index in [1.54, 1.807) is 21.0 Å². The summed E-state index contributed by atoms with van der Waals surface area (Å²) in [5.74, 6) is 0.713. The highest BCUT2D eigenvalue weighted by Gasteiger charge is 1.89. The molecule has 1 N–H and O–H groups in total. The quantitative estimate of drug-likeness (QED) is 0.239. The monoisotopic (exact) mass is 129 g/mol. The van der Waals surface area contributed by atoms with Crippen LogP contribution in [0.1, 0.15) is 6.92 Å². The molecular formula is C5H11N3O. The molecule has 4 nitrogen and oxygen atoms in total. The van der Waals surface area contributed by atoms with E-state index in [9.17, 15) is 4.79 Å². The van der Waals surface area contributed by atoms with Crippen molar-refractivity contribution in [2.45, 2.75) is 6.92 Å². The van der Waals surface area contributed by atoms with Crippen LogP contribution < -0.4 is 5.43 Å². The Hall–Kier alpha value is -1.06. The molecule has 0 spiro atoms. The molecule has 4 heteroatoms. The fourth-order valence-electron chi connectivity index (χ4n) is 0.332. The van der Waals surface area contributed by atoms with Crippen LogP contribution in [0.4, 0.5) is 0 Å². The molecule has 0 heterocycles. The summed E-state index contributed by atoms with van der Waals surface area (Å²) >= 11 is 0. The van der Waals surface area contributed by atoms with Crippen LogP contribution in [0, 0.1) is 0 Å². The van der Waals surface area contributed by atoms with Gasteiger partial charge in [0, 0.05) is 14.1 Å². The number of rotatable bonds is 2. The van der Waals surface area contributed by atoms with Crippen LogP contribution in [-0.2, 0) is 4.79 Å². The van der Waals surface area contributed by atoms with Crippen LogP contribution in [0.25, 0.3) is 0 Å². The Kier molecular flexibility index (Phi) is 3.43. The molecule has 52 valence electrons. The predicted molar refractivity (Wildman–Crippen MR) is 36.0 cm³/mol. The Morgan fingerprint density at radius 1 is 1.78 bits per heavy atom. The van der Waals surface area contributed by atoms with E-state index in [1.807, 2.05) is 0 Å². The second-order valence-corrected chi connectivity index (χ2v) is 1.64. The normalized spacial score (nSPS) is 10.8. The molecule has 0 aliphatic carbocycles. The fraction of sp³-hybridized carbons (Fsp3) is 0.600. The minimum Gasteiger partial charge on any atom is -0.284 e. The second-order valence-electron chi connectivity index (χ2n) is 1.64. The Labute approximate surface area is 54.5 Å². The maximum Gasteiger partial charge on any atom is 0.227 e. The number of nitrogens with zero attached hydrogens (tertiary/aromatic N) is 2. The minimum absolute atomic E-state index is 0.675. The zero-order valence-electron chi connectivity index (χ0n) is 5.88. The summed E-state index contributed by atoms with van der Waals surface area (Å²) < 4.78 is 0. The van der Waals surface area contributed by atoms with E-state index >= 15 is 0 Å². The van der Waals surface area contributed by atoms with Crippen LogP contribution in [0.5, 0.6) is 0 Å². The number of amides is 1. The van der Waals surface area contributed by atoms with Gasteiger partial charge in [0.25, 0.3) is 0 Å². The maximum atomic E-state index is 9.96. The molecule has 0 bridgehead atoms. The molecule has 0 saturated carbocycles. The molecule has 0 aromatic carbocycles. The lowest BCUT2D eigenvalue weighted by atomic mass is 10.7. The zero-order valence-corrected chi connectivity index (χ0v) is 5.88. The number of amidine groups is 1. The van der Waals surface area contributed by atoms with Crippen LogP contribution in [0.15, 0.2) is 4.99 Å². The first-order valence-corrected chi connectivity index (χ1v) is 2.59. The first-order chi connectivity index (χ1) is 4.20. The lowest BCUT2D eigenvalue weighted by Gasteiger charge is -2.11. The van der Waals surface area contributed by atoms with E-state index in [0.717, 1.165) is 0 Å². The molecule has 0 fully saturated rings. The molecule has 1 amide bonds. The van der Waals surface area contributed by atoms with Crippen LogP contribution in [-0.4, -0.2) is 31.3 Å². The smallest absolute Gasteiger partial charge is 0.227 e. The summed E-state index contributed by atoms with van der Waals surface area (Å²) in [6.07, 6.45) is 0.675. The molecule has 0 saturated heterocycles. The van der Waals surface area contributed by atoms with Crippen LogP contribution in [0.3, 0.4) is 0 Å². The highest BCUT2D eigenvalue weighted by molar-refractivity contribution is 5.79. The van der Waals surface area contributed by atoms with Crippen molar-refractivity contribution in [1.82, 2.24) is 10.4 Å². The lowest BCUT2D eigenvalue weighted by Crippen LogP contribution is -2.36. The molecule has 0 atom stereocenters. The van der Waals surface area contributed by atoms with Crippen molar-refractivity contribution in [1.29, 1.82) is 0 Å². The number of hydrogen-bond acceptors (Lipinski definition) is 2. The van der Waals surface area contributed by atoms with Gasteiger partial charge in [-0.2, -0.15) is 0 Å². The summed E-state index contributed by atoms with van der Waals surface area (Å²) in [6, 6.07) is 0. The van der Waals surface area contributed by atoms with Gasteiger partial charge in [0.1, 0.15) is 5.84 Å². The molecule has 0 rings (SSSR count). The maximum absolute atomic E-state index is 9.96. The van der Waals surface area contributed by atoms with Gasteiger partial charge in [-0.15, -0.1) is 0 Å². The number of carbonyl (C=O) groups is 1. The van der Waals surface area contributed by atoms with E-state index in [0.29, 0.717) is 12.2 Å². The summed E-state index contributed by atoms with van der Waals surface area (Å²) in [5, 5.41) is 1.29. The second kappa shape index (κ2) is 3.88. The van der Waals surface area contributed by atoms with Crippen molar-refractivity contribution < 1.29 is 4.79 Å². The Morgan fingerprint density at radius 2 is 2.33 bits per heavy atom. The molecule has 0 unspecified atom stereocenters. The third-order valence-corrected chi connectivity index (χ3v) is 0.832. The molecule has 0 aromatic heterocycles. The van der Waals surface area contributed by atoms with E-state index in [4.69, 9.17) is 0 Å². The van der Waals surface area contributed by atoms with Crippen LogP contribution >= 0.6 is 0 Å². The van der Waals surface area contributed by atoms with Crippen molar-refractivity contribution in [3.05, 3.63) is 0 Å². The zero-order chi connectivity index (χ0) is 7.28. The number of carbonyl (C=O) groups excluding carboxylic acids is 1. The van der Waals surface area contributed by atoms with Crippen molar-refractivity contribution in [2.75, 3.05) is 14.1 Å². The number of nitrogens with one attached hydrogen (secondary N) is 1. The summed E-state index contributed by atoms with van der Waals surface area (Å²) in [4.78, 5) is 13.7. The third-order valence-electron chi connectivity index (χ3n) is 0.832. The fourth-order valence-corrected chi connectivity index (χ4v) is 0.332. The third kappa shape index (κ3) is 3.52. The summed E-state index contributed by atoms with van der Waals surface area (Å²) in [6.45, 7) is 1.78. The van der Waals surface area contributed by atoms with Gasteiger partial charge < -0.3 is 0 Å². The standard InChI is InChI=1S/C5H11N3O/c1-5(6-2)7-8(3)4-9/h4H,1-3H3,(H,6,7). The highest BCUT2D eigenvalue weighted by atomic mass is 16.1. The van der Waals surface area contributed by atoms with E-state index < -0.39 is 0 Å². The summed E-state index contributed by atoms with van der Waals surface area (Å²) in [5.41, 5.74) is 2.69. The van der Waals surface area contributed by atoms with Crippen LogP contribution in [0.2, 0.25) is 0 Å². The molecular weight excluding hydrogens is 118 g/mol. The Bertz CT molecular complexity index is 121. The largest absolute Gasteiger partial charge is 0.284 e.